The first-order chi connectivity index (χ1) is 9.07. The van der Waals surface area contributed by atoms with Gasteiger partial charge in [-0.2, -0.15) is 0 Å². The summed E-state index contributed by atoms with van der Waals surface area (Å²) in [4.78, 5) is 0.0690. The molecule has 0 radical (unpaired) electrons. The van der Waals surface area contributed by atoms with Crippen LogP contribution in [0.25, 0.3) is 22.0 Å². The van der Waals surface area contributed by atoms with Crippen LogP contribution in [-0.2, 0) is 10.0 Å². The zero-order valence-corrected chi connectivity index (χ0v) is 10.6. The van der Waals surface area contributed by atoms with Gasteiger partial charge in [0.15, 0.2) is 0 Å². The molecule has 0 unspecified atom stereocenters. The Bertz CT molecular complexity index is 839. The third-order valence-corrected chi connectivity index (χ3v) is 3.89. The van der Waals surface area contributed by atoms with E-state index in [1.54, 1.807) is 24.3 Å². The molecule has 0 bridgehead atoms. The lowest BCUT2D eigenvalue weighted by Gasteiger charge is -2.09. The van der Waals surface area contributed by atoms with E-state index >= 15 is 0 Å². The van der Waals surface area contributed by atoms with Crippen molar-refractivity contribution < 1.29 is 12.9 Å². The van der Waals surface area contributed by atoms with Gasteiger partial charge in [0, 0.05) is 17.0 Å². The third-order valence-electron chi connectivity index (χ3n) is 2.88. The smallest absolute Gasteiger partial charge is 0.239 e. The topological polar surface area (TPSA) is 86.2 Å². The van der Waals surface area contributed by atoms with Gasteiger partial charge in [0.1, 0.15) is 12.0 Å². The van der Waals surface area contributed by atoms with E-state index in [1.165, 1.54) is 6.26 Å². The molecule has 0 amide bonds. The Labute approximate surface area is 109 Å². The van der Waals surface area contributed by atoms with Crippen LogP contribution < -0.4 is 5.14 Å². The zero-order valence-electron chi connectivity index (χ0n) is 9.78. The lowest BCUT2D eigenvalue weighted by atomic mass is 10.1. The van der Waals surface area contributed by atoms with Crippen LogP contribution in [0, 0.1) is 0 Å². The second-order valence-corrected chi connectivity index (χ2v) is 5.59. The Kier molecular flexibility index (Phi) is 2.62. The van der Waals surface area contributed by atoms with Gasteiger partial charge in [0.05, 0.1) is 4.90 Å². The molecule has 6 heteroatoms. The van der Waals surface area contributed by atoms with Crippen molar-refractivity contribution in [2.45, 2.75) is 4.90 Å². The van der Waals surface area contributed by atoms with Gasteiger partial charge in [0.2, 0.25) is 10.0 Å². The van der Waals surface area contributed by atoms with Crippen LogP contribution in [0.5, 0.6) is 0 Å². The van der Waals surface area contributed by atoms with Crippen molar-refractivity contribution in [2.24, 2.45) is 5.14 Å². The first-order valence-electron chi connectivity index (χ1n) is 5.53. The average molecular weight is 274 g/mol. The molecule has 0 aliphatic rings. The van der Waals surface area contributed by atoms with E-state index in [0.29, 0.717) is 16.6 Å². The minimum absolute atomic E-state index is 0.0690. The highest BCUT2D eigenvalue weighted by Crippen LogP contribution is 2.32. The number of aromatic nitrogens is 1. The molecule has 1 aromatic heterocycles. The standard InChI is InChI=1S/C13H10N2O3S/c14-19(16,17)13-10-4-2-1-3-9(10)5-6-11(13)12-7-8-18-15-12/h1-8H,(H2,14,16,17). The largest absolute Gasteiger partial charge is 0.364 e. The number of fused-ring (bicyclic) bond motifs is 1. The highest BCUT2D eigenvalue weighted by molar-refractivity contribution is 7.89. The maximum Gasteiger partial charge on any atom is 0.239 e. The second kappa shape index (κ2) is 4.18. The summed E-state index contributed by atoms with van der Waals surface area (Å²) in [6.07, 6.45) is 1.39. The van der Waals surface area contributed by atoms with Gasteiger partial charge in [0.25, 0.3) is 0 Å². The number of rotatable bonds is 2. The maximum absolute atomic E-state index is 11.9. The molecule has 1 heterocycles. The highest BCUT2D eigenvalue weighted by Gasteiger charge is 2.20. The van der Waals surface area contributed by atoms with Crippen LogP contribution in [0.15, 0.2) is 58.1 Å². The van der Waals surface area contributed by atoms with Crippen molar-refractivity contribution in [3.8, 4) is 11.3 Å². The van der Waals surface area contributed by atoms with Crippen LogP contribution in [-0.4, -0.2) is 13.6 Å². The summed E-state index contributed by atoms with van der Waals surface area (Å²) in [6.45, 7) is 0. The summed E-state index contributed by atoms with van der Waals surface area (Å²) in [7, 11) is -3.87. The molecule has 0 spiro atoms. The van der Waals surface area contributed by atoms with Crippen LogP contribution in [0.3, 0.4) is 0 Å². The molecule has 19 heavy (non-hydrogen) atoms. The Morgan fingerprint density at radius 2 is 1.84 bits per heavy atom. The normalized spacial score (nSPS) is 11.8. The van der Waals surface area contributed by atoms with E-state index in [9.17, 15) is 8.42 Å². The summed E-state index contributed by atoms with van der Waals surface area (Å²) < 4.78 is 28.5. The summed E-state index contributed by atoms with van der Waals surface area (Å²) in [5.41, 5.74) is 0.879. The first kappa shape index (κ1) is 11.9. The molecule has 0 aliphatic heterocycles. The lowest BCUT2D eigenvalue weighted by molar-refractivity contribution is 0.422. The molecule has 0 saturated heterocycles. The Morgan fingerprint density at radius 1 is 1.05 bits per heavy atom. The molecular weight excluding hydrogens is 264 g/mol. The fraction of sp³-hybridized carbons (Fsp3) is 0. The highest BCUT2D eigenvalue weighted by atomic mass is 32.2. The fourth-order valence-corrected chi connectivity index (χ4v) is 3.07. The lowest BCUT2D eigenvalue weighted by Crippen LogP contribution is -2.14. The van der Waals surface area contributed by atoms with E-state index < -0.39 is 10.0 Å². The molecule has 0 aliphatic carbocycles. The number of benzene rings is 2. The van der Waals surface area contributed by atoms with Gasteiger partial charge >= 0.3 is 0 Å². The fourth-order valence-electron chi connectivity index (χ4n) is 2.10. The van der Waals surface area contributed by atoms with Crippen LogP contribution >= 0.6 is 0 Å². The Hall–Kier alpha value is -2.18. The molecule has 2 N–H and O–H groups in total. The number of primary sulfonamides is 1. The molecule has 96 valence electrons. The summed E-state index contributed by atoms with van der Waals surface area (Å²) in [5, 5.41) is 10.5. The van der Waals surface area contributed by atoms with Crippen molar-refractivity contribution in [3.05, 3.63) is 48.7 Å². The monoisotopic (exact) mass is 274 g/mol. The predicted molar refractivity (Wildman–Crippen MR) is 70.8 cm³/mol. The number of hydrogen-bond acceptors (Lipinski definition) is 4. The van der Waals surface area contributed by atoms with Crippen LogP contribution in [0.2, 0.25) is 0 Å². The molecule has 0 fully saturated rings. The summed E-state index contributed by atoms with van der Waals surface area (Å²) in [6, 6.07) is 12.3. The predicted octanol–water partition coefficient (Wildman–Crippen LogP) is 2.14. The first-order valence-corrected chi connectivity index (χ1v) is 7.07. The second-order valence-electron chi connectivity index (χ2n) is 4.09. The van der Waals surface area contributed by atoms with Crippen molar-refractivity contribution >= 4 is 20.8 Å². The summed E-state index contributed by atoms with van der Waals surface area (Å²) in [5.74, 6) is 0. The van der Waals surface area contributed by atoms with Gasteiger partial charge in [-0.25, -0.2) is 13.6 Å². The molecule has 0 saturated carbocycles. The quantitative estimate of drug-likeness (QED) is 0.775. The Balaban J connectivity index is 2.47. The van der Waals surface area contributed by atoms with Gasteiger partial charge in [-0.05, 0) is 5.39 Å². The van der Waals surface area contributed by atoms with Gasteiger partial charge in [-0.3, -0.25) is 0 Å². The number of sulfonamides is 1. The Morgan fingerprint density at radius 3 is 2.53 bits per heavy atom. The molecular formula is C13H10N2O3S. The minimum Gasteiger partial charge on any atom is -0.364 e. The van der Waals surface area contributed by atoms with E-state index in [2.05, 4.69) is 5.16 Å². The van der Waals surface area contributed by atoms with Gasteiger partial charge in [-0.15, -0.1) is 0 Å². The van der Waals surface area contributed by atoms with Crippen molar-refractivity contribution in [1.82, 2.24) is 5.16 Å². The number of nitrogens with two attached hydrogens (primary N) is 1. The van der Waals surface area contributed by atoms with Crippen LogP contribution in [0.4, 0.5) is 0 Å². The molecule has 5 nitrogen and oxygen atoms in total. The molecule has 3 aromatic rings. The molecule has 0 atom stereocenters. The van der Waals surface area contributed by atoms with E-state index in [0.717, 1.165) is 5.39 Å². The number of nitrogens with zero attached hydrogens (tertiary/aromatic N) is 1. The van der Waals surface area contributed by atoms with E-state index in [1.807, 2.05) is 18.2 Å². The summed E-state index contributed by atoms with van der Waals surface area (Å²) >= 11 is 0. The van der Waals surface area contributed by atoms with E-state index in [-0.39, 0.29) is 4.90 Å². The average Bonchev–Trinajstić information content (AvgIpc) is 2.90. The number of hydrogen-bond donors (Lipinski definition) is 1. The van der Waals surface area contributed by atoms with Gasteiger partial charge in [-0.1, -0.05) is 41.6 Å². The van der Waals surface area contributed by atoms with Crippen molar-refractivity contribution in [2.75, 3.05) is 0 Å². The molecule has 3 rings (SSSR count). The third kappa shape index (κ3) is 2.00. The van der Waals surface area contributed by atoms with Gasteiger partial charge < -0.3 is 4.52 Å². The van der Waals surface area contributed by atoms with Crippen molar-refractivity contribution in [3.63, 3.8) is 0 Å². The van der Waals surface area contributed by atoms with Crippen LogP contribution in [0.1, 0.15) is 0 Å². The van der Waals surface area contributed by atoms with Crippen molar-refractivity contribution in [1.29, 1.82) is 0 Å². The maximum atomic E-state index is 11.9. The zero-order chi connectivity index (χ0) is 13.5. The minimum atomic E-state index is -3.87. The van der Waals surface area contributed by atoms with E-state index in [4.69, 9.17) is 9.66 Å². The molecule has 2 aromatic carbocycles. The SMILES string of the molecule is NS(=O)(=O)c1c(-c2ccon2)ccc2ccccc12.